The Morgan fingerprint density at radius 3 is 2.75 bits per heavy atom. The number of rotatable bonds is 3. The van der Waals surface area contributed by atoms with Crippen LogP contribution in [0.15, 0.2) is 0 Å². The number of hydrogen-bond donors (Lipinski definition) is 1. The van der Waals surface area contributed by atoms with Crippen LogP contribution in [-0.2, 0) is 4.79 Å². The van der Waals surface area contributed by atoms with Gasteiger partial charge in [0.25, 0.3) is 0 Å². The summed E-state index contributed by atoms with van der Waals surface area (Å²) in [7, 11) is 0. The monoisotopic (exact) mass is 191 g/mol. The van der Waals surface area contributed by atoms with Gasteiger partial charge in [0, 0.05) is 25.6 Å². The molecule has 0 unspecified atom stereocenters. The Hall–Kier alpha value is -0.280. The topological polar surface area (TPSA) is 40.5 Å². The summed E-state index contributed by atoms with van der Waals surface area (Å²) in [5.41, 5.74) is 0. The van der Waals surface area contributed by atoms with Crippen LogP contribution in [0.3, 0.4) is 0 Å². The summed E-state index contributed by atoms with van der Waals surface area (Å²) in [6.45, 7) is 3.39. The molecular formula is C8H14ClNO2. The van der Waals surface area contributed by atoms with Crippen molar-refractivity contribution in [3.05, 3.63) is 0 Å². The van der Waals surface area contributed by atoms with Gasteiger partial charge in [0.2, 0.25) is 5.91 Å². The molecule has 1 fully saturated rings. The van der Waals surface area contributed by atoms with Gasteiger partial charge >= 0.3 is 0 Å². The van der Waals surface area contributed by atoms with E-state index in [-0.39, 0.29) is 23.8 Å². The number of carbonyl (C=O) groups is 1. The zero-order chi connectivity index (χ0) is 9.14. The lowest BCUT2D eigenvalue weighted by atomic mass is 10.0. The van der Waals surface area contributed by atoms with Crippen LogP contribution in [0.25, 0.3) is 0 Å². The van der Waals surface area contributed by atoms with Crippen LogP contribution < -0.4 is 0 Å². The van der Waals surface area contributed by atoms with Crippen molar-refractivity contribution in [2.45, 2.75) is 18.7 Å². The lowest BCUT2D eigenvalue weighted by Gasteiger charge is -2.39. The molecule has 0 spiro atoms. The van der Waals surface area contributed by atoms with Crippen molar-refractivity contribution in [1.82, 2.24) is 4.90 Å². The number of carbonyl (C=O) groups excluding carboxylic acids is 1. The van der Waals surface area contributed by atoms with Gasteiger partial charge in [-0.3, -0.25) is 4.79 Å². The fraction of sp³-hybridized carbons (Fsp3) is 0.875. The van der Waals surface area contributed by atoms with E-state index in [1.54, 1.807) is 4.90 Å². The van der Waals surface area contributed by atoms with Gasteiger partial charge in [0.15, 0.2) is 0 Å². The van der Waals surface area contributed by atoms with E-state index in [9.17, 15) is 4.79 Å². The van der Waals surface area contributed by atoms with E-state index >= 15 is 0 Å². The Bertz CT molecular complexity index is 168. The molecule has 70 valence electrons. The van der Waals surface area contributed by atoms with Crippen LogP contribution in [0.4, 0.5) is 0 Å². The molecule has 4 heteroatoms. The number of aliphatic hydroxyl groups excluding tert-OH is 1. The lowest BCUT2D eigenvalue weighted by Crippen LogP contribution is -2.53. The van der Waals surface area contributed by atoms with Gasteiger partial charge in [0.05, 0.1) is 0 Å². The Labute approximate surface area is 77.3 Å². The second-order valence-electron chi connectivity index (χ2n) is 3.17. The molecule has 0 aromatic carbocycles. The molecule has 1 amide bonds. The third-order valence-electron chi connectivity index (χ3n) is 2.15. The minimum Gasteiger partial charge on any atom is -0.396 e. The molecule has 0 aromatic heterocycles. The maximum Gasteiger partial charge on any atom is 0.240 e. The predicted molar refractivity (Wildman–Crippen MR) is 47.1 cm³/mol. The van der Waals surface area contributed by atoms with E-state index in [0.717, 1.165) is 0 Å². The zero-order valence-electron chi connectivity index (χ0n) is 7.16. The number of amides is 1. The van der Waals surface area contributed by atoms with E-state index in [0.29, 0.717) is 19.5 Å². The molecule has 1 aliphatic heterocycles. The van der Waals surface area contributed by atoms with Crippen LogP contribution in [0.2, 0.25) is 0 Å². The molecule has 0 radical (unpaired) electrons. The van der Waals surface area contributed by atoms with Crippen LogP contribution >= 0.6 is 11.6 Å². The average molecular weight is 192 g/mol. The summed E-state index contributed by atoms with van der Waals surface area (Å²) >= 11 is 5.76. The number of halogens is 1. The molecule has 0 aromatic rings. The third-order valence-corrected chi connectivity index (χ3v) is 2.65. The van der Waals surface area contributed by atoms with Gasteiger partial charge in [-0.05, 0) is 6.42 Å². The highest BCUT2D eigenvalue weighted by Gasteiger charge is 2.32. The van der Waals surface area contributed by atoms with Crippen molar-refractivity contribution in [1.29, 1.82) is 0 Å². The second-order valence-corrected chi connectivity index (χ2v) is 3.69. The van der Waals surface area contributed by atoms with Crippen molar-refractivity contribution in [3.63, 3.8) is 0 Å². The number of likely N-dealkylation sites (tertiary alicyclic amines) is 1. The molecule has 12 heavy (non-hydrogen) atoms. The summed E-state index contributed by atoms with van der Waals surface area (Å²) in [5, 5.41) is 8.33. The molecule has 1 heterocycles. The molecular weight excluding hydrogens is 178 g/mol. The first-order valence-corrected chi connectivity index (χ1v) is 4.66. The highest BCUT2D eigenvalue weighted by atomic mass is 35.5. The number of aliphatic hydroxyl groups is 1. The summed E-state index contributed by atoms with van der Waals surface area (Å²) in [5.74, 6) is 0.276. The quantitative estimate of drug-likeness (QED) is 0.659. The first-order chi connectivity index (χ1) is 5.69. The second kappa shape index (κ2) is 4.10. The Morgan fingerprint density at radius 1 is 1.75 bits per heavy atom. The summed E-state index contributed by atoms with van der Waals surface area (Å²) in [6.07, 6.45) is 0.667. The normalized spacial score (nSPS) is 20.4. The number of hydrogen-bond acceptors (Lipinski definition) is 2. The first-order valence-electron chi connectivity index (χ1n) is 4.22. The molecule has 0 aliphatic carbocycles. The predicted octanol–water partition coefficient (Wildman–Crippen LogP) is 0.454. The highest BCUT2D eigenvalue weighted by molar-refractivity contribution is 6.30. The van der Waals surface area contributed by atoms with Crippen molar-refractivity contribution in [3.8, 4) is 0 Å². The van der Waals surface area contributed by atoms with Gasteiger partial charge in [-0.1, -0.05) is 6.92 Å². The molecule has 1 saturated heterocycles. The van der Waals surface area contributed by atoms with Gasteiger partial charge in [-0.15, -0.1) is 11.6 Å². The van der Waals surface area contributed by atoms with Crippen molar-refractivity contribution < 1.29 is 9.90 Å². The van der Waals surface area contributed by atoms with Crippen molar-refractivity contribution in [2.75, 3.05) is 19.7 Å². The molecule has 1 atom stereocenters. The standard InChI is InChI=1S/C8H14ClNO2/c1-2-7(9)8(12)10-3-6(4-10)5-11/h6-7,11H,2-5H2,1H3/t7-/m1/s1. The van der Waals surface area contributed by atoms with E-state index in [1.165, 1.54) is 0 Å². The summed E-state index contributed by atoms with van der Waals surface area (Å²) < 4.78 is 0. The number of nitrogens with zero attached hydrogens (tertiary/aromatic N) is 1. The summed E-state index contributed by atoms with van der Waals surface area (Å²) in [4.78, 5) is 13.0. The maximum atomic E-state index is 11.3. The maximum absolute atomic E-state index is 11.3. The largest absolute Gasteiger partial charge is 0.396 e. The van der Waals surface area contributed by atoms with Crippen LogP contribution in [0.5, 0.6) is 0 Å². The average Bonchev–Trinajstić information content (AvgIpc) is 2.01. The minimum atomic E-state index is -0.385. The van der Waals surface area contributed by atoms with Crippen LogP contribution in [0.1, 0.15) is 13.3 Å². The molecule has 1 aliphatic rings. The lowest BCUT2D eigenvalue weighted by molar-refractivity contribution is -0.138. The van der Waals surface area contributed by atoms with Crippen LogP contribution in [-0.4, -0.2) is 41.0 Å². The fourth-order valence-electron chi connectivity index (χ4n) is 1.24. The van der Waals surface area contributed by atoms with Crippen molar-refractivity contribution >= 4 is 17.5 Å². The fourth-order valence-corrected chi connectivity index (χ4v) is 1.38. The molecule has 1 N–H and O–H groups in total. The van der Waals surface area contributed by atoms with E-state index in [4.69, 9.17) is 16.7 Å². The number of alkyl halides is 1. The molecule has 0 bridgehead atoms. The van der Waals surface area contributed by atoms with Crippen molar-refractivity contribution in [2.24, 2.45) is 5.92 Å². The third kappa shape index (κ3) is 1.90. The first kappa shape index (κ1) is 9.81. The minimum absolute atomic E-state index is 0.00358. The van der Waals surface area contributed by atoms with E-state index < -0.39 is 0 Å². The molecule has 1 rings (SSSR count). The summed E-state index contributed by atoms with van der Waals surface area (Å²) in [6, 6.07) is 0. The molecule has 3 nitrogen and oxygen atoms in total. The zero-order valence-corrected chi connectivity index (χ0v) is 7.92. The van der Waals surface area contributed by atoms with Gasteiger partial charge in [-0.2, -0.15) is 0 Å². The highest BCUT2D eigenvalue weighted by Crippen LogP contribution is 2.18. The SMILES string of the molecule is CC[C@@H](Cl)C(=O)N1CC(CO)C1. The Balaban J connectivity index is 2.28. The van der Waals surface area contributed by atoms with E-state index in [1.807, 2.05) is 6.92 Å². The Morgan fingerprint density at radius 2 is 2.33 bits per heavy atom. The van der Waals surface area contributed by atoms with Gasteiger partial charge in [0.1, 0.15) is 5.38 Å². The molecule has 0 saturated carbocycles. The smallest absolute Gasteiger partial charge is 0.240 e. The Kier molecular flexibility index (Phi) is 3.35. The van der Waals surface area contributed by atoms with Gasteiger partial charge in [-0.25, -0.2) is 0 Å². The van der Waals surface area contributed by atoms with E-state index in [2.05, 4.69) is 0 Å². The van der Waals surface area contributed by atoms with Gasteiger partial charge < -0.3 is 10.0 Å². The van der Waals surface area contributed by atoms with Crippen LogP contribution in [0, 0.1) is 5.92 Å².